The largest absolute Gasteiger partial charge is 0.339 e. The molecule has 0 atom stereocenters. The van der Waals surface area contributed by atoms with Crippen molar-refractivity contribution < 1.29 is 9.72 Å². The van der Waals surface area contributed by atoms with E-state index in [-0.39, 0.29) is 5.69 Å². The molecule has 7 nitrogen and oxygen atoms in total. The summed E-state index contributed by atoms with van der Waals surface area (Å²) in [6, 6.07) is 11.3. The summed E-state index contributed by atoms with van der Waals surface area (Å²) in [6.45, 7) is 5.53. The maximum Gasteiger partial charge on any atom is 0.339 e. The van der Waals surface area contributed by atoms with Crippen LogP contribution in [0.4, 0.5) is 16.2 Å². The molecular weight excluding hydrogens is 308 g/mol. The molecule has 2 amide bonds. The number of nitrogens with zero attached hydrogens (tertiary/aromatic N) is 2. The monoisotopic (exact) mass is 326 g/mol. The number of amides is 2. The highest BCUT2D eigenvalue weighted by atomic mass is 16.6. The van der Waals surface area contributed by atoms with Crippen molar-refractivity contribution >= 4 is 23.1 Å². The molecule has 7 heteroatoms. The van der Waals surface area contributed by atoms with Crippen LogP contribution in [0.2, 0.25) is 0 Å². The third-order valence-corrected chi connectivity index (χ3v) is 3.54. The summed E-state index contributed by atoms with van der Waals surface area (Å²) in [6.07, 6.45) is 0. The molecule has 0 heterocycles. The Balaban J connectivity index is 2.04. The van der Waals surface area contributed by atoms with Gasteiger partial charge in [0.25, 0.3) is 5.69 Å². The Hall–Kier alpha value is -3.22. The van der Waals surface area contributed by atoms with Gasteiger partial charge in [-0.15, -0.1) is 0 Å². The number of hydrogen-bond donors (Lipinski definition) is 2. The Morgan fingerprint density at radius 1 is 1.08 bits per heavy atom. The predicted molar refractivity (Wildman–Crippen MR) is 93.4 cm³/mol. The van der Waals surface area contributed by atoms with Gasteiger partial charge in [-0.3, -0.25) is 10.1 Å². The number of carbonyl (C=O) groups excluding carboxylic acids is 1. The van der Waals surface area contributed by atoms with Crippen LogP contribution in [0.25, 0.3) is 0 Å². The highest BCUT2D eigenvalue weighted by molar-refractivity contribution is 6.00. The maximum absolute atomic E-state index is 12.0. The van der Waals surface area contributed by atoms with E-state index in [1.165, 1.54) is 12.1 Å². The average Bonchev–Trinajstić information content (AvgIpc) is 2.56. The van der Waals surface area contributed by atoms with E-state index < -0.39 is 11.0 Å². The van der Waals surface area contributed by atoms with Crippen LogP contribution < -0.4 is 10.7 Å². The first-order chi connectivity index (χ1) is 11.4. The van der Waals surface area contributed by atoms with Crippen LogP contribution in [0.3, 0.4) is 0 Å². The fourth-order valence-corrected chi connectivity index (χ4v) is 2.18. The lowest BCUT2D eigenvalue weighted by atomic mass is 10.1. The van der Waals surface area contributed by atoms with Crippen LogP contribution in [0.5, 0.6) is 0 Å². The van der Waals surface area contributed by atoms with E-state index in [9.17, 15) is 14.9 Å². The van der Waals surface area contributed by atoms with Crippen LogP contribution >= 0.6 is 0 Å². The number of urea groups is 1. The van der Waals surface area contributed by atoms with E-state index in [4.69, 9.17) is 0 Å². The van der Waals surface area contributed by atoms with Crippen molar-refractivity contribution in [2.45, 2.75) is 20.8 Å². The zero-order valence-corrected chi connectivity index (χ0v) is 13.7. The van der Waals surface area contributed by atoms with Gasteiger partial charge in [0.15, 0.2) is 0 Å². The Labute approximate surface area is 139 Å². The lowest BCUT2D eigenvalue weighted by molar-refractivity contribution is -0.384. The Morgan fingerprint density at radius 3 is 2.21 bits per heavy atom. The smallest absolute Gasteiger partial charge is 0.306 e. The highest BCUT2D eigenvalue weighted by Crippen LogP contribution is 2.19. The van der Waals surface area contributed by atoms with Crippen LogP contribution in [0.1, 0.15) is 23.6 Å². The molecular formula is C17H18N4O3. The molecule has 0 spiro atoms. The van der Waals surface area contributed by atoms with Gasteiger partial charge in [-0.2, -0.15) is 5.10 Å². The van der Waals surface area contributed by atoms with Gasteiger partial charge in [-0.05, 0) is 49.6 Å². The van der Waals surface area contributed by atoms with Gasteiger partial charge in [0.05, 0.1) is 10.6 Å². The van der Waals surface area contributed by atoms with Crippen molar-refractivity contribution in [3.63, 3.8) is 0 Å². The van der Waals surface area contributed by atoms with Crippen LogP contribution in [-0.4, -0.2) is 16.7 Å². The van der Waals surface area contributed by atoms with E-state index in [1.807, 2.05) is 32.0 Å². The highest BCUT2D eigenvalue weighted by Gasteiger charge is 2.08. The number of hydrogen-bond acceptors (Lipinski definition) is 4. The number of carbonyl (C=O) groups is 1. The summed E-state index contributed by atoms with van der Waals surface area (Å²) < 4.78 is 0. The second kappa shape index (κ2) is 7.36. The topological polar surface area (TPSA) is 96.6 Å². The van der Waals surface area contributed by atoms with Gasteiger partial charge in [-0.25, -0.2) is 10.2 Å². The second-order valence-electron chi connectivity index (χ2n) is 5.33. The number of benzene rings is 2. The molecule has 0 radical (unpaired) electrons. The Morgan fingerprint density at radius 2 is 1.67 bits per heavy atom. The third kappa shape index (κ3) is 4.16. The summed E-state index contributed by atoms with van der Waals surface area (Å²) in [5.41, 5.74) is 6.33. The van der Waals surface area contributed by atoms with Crippen molar-refractivity contribution in [3.8, 4) is 0 Å². The zero-order valence-electron chi connectivity index (χ0n) is 13.7. The van der Waals surface area contributed by atoms with E-state index >= 15 is 0 Å². The van der Waals surface area contributed by atoms with Gasteiger partial charge < -0.3 is 5.32 Å². The van der Waals surface area contributed by atoms with Crippen LogP contribution in [-0.2, 0) is 0 Å². The molecule has 0 unspecified atom stereocenters. The number of anilines is 1. The van der Waals surface area contributed by atoms with Gasteiger partial charge in [-0.1, -0.05) is 18.2 Å². The Bertz CT molecular complexity index is 778. The fourth-order valence-electron chi connectivity index (χ4n) is 2.18. The van der Waals surface area contributed by atoms with Crippen molar-refractivity contribution in [1.82, 2.24) is 5.43 Å². The molecule has 0 bridgehead atoms. The molecule has 0 aliphatic heterocycles. The van der Waals surface area contributed by atoms with E-state index in [2.05, 4.69) is 15.8 Å². The minimum Gasteiger partial charge on any atom is -0.306 e. The first-order valence-corrected chi connectivity index (χ1v) is 7.31. The molecule has 2 aromatic rings. The quantitative estimate of drug-likeness (QED) is 0.508. The molecule has 2 rings (SSSR count). The van der Waals surface area contributed by atoms with Gasteiger partial charge in [0.2, 0.25) is 0 Å². The average molecular weight is 326 g/mol. The minimum absolute atomic E-state index is 0.00674. The van der Waals surface area contributed by atoms with Crippen LogP contribution in [0.15, 0.2) is 47.6 Å². The van der Waals surface area contributed by atoms with E-state index in [0.29, 0.717) is 11.3 Å². The number of aryl methyl sites for hydroxylation is 2. The number of nitro benzene ring substituents is 1. The maximum atomic E-state index is 12.0. The minimum atomic E-state index is -0.466. The number of nitrogens with one attached hydrogen (secondary N) is 2. The summed E-state index contributed by atoms with van der Waals surface area (Å²) in [5.74, 6) is 0. The molecule has 0 fully saturated rings. The molecule has 0 saturated heterocycles. The molecule has 0 aliphatic carbocycles. The Kier molecular flexibility index (Phi) is 5.26. The fraction of sp³-hybridized carbons (Fsp3) is 0.176. The van der Waals surface area contributed by atoms with Crippen molar-refractivity contribution in [2.24, 2.45) is 5.10 Å². The summed E-state index contributed by atoms with van der Waals surface area (Å²) in [7, 11) is 0. The first-order valence-electron chi connectivity index (χ1n) is 7.31. The lowest BCUT2D eigenvalue weighted by Crippen LogP contribution is -2.26. The van der Waals surface area contributed by atoms with Crippen molar-refractivity contribution in [1.29, 1.82) is 0 Å². The van der Waals surface area contributed by atoms with Gasteiger partial charge in [0.1, 0.15) is 0 Å². The standard InChI is InChI=1S/C17H18N4O3/c1-11-5-4-6-12(2)16(11)18-17(22)20-19-13(3)14-7-9-15(10-8-14)21(23)24/h4-10H,1-3H3,(H2,18,20,22)/b19-13+. The molecule has 2 N–H and O–H groups in total. The molecule has 2 aromatic carbocycles. The first kappa shape index (κ1) is 17.1. The summed E-state index contributed by atoms with van der Waals surface area (Å²) >= 11 is 0. The second-order valence-corrected chi connectivity index (χ2v) is 5.33. The SMILES string of the molecule is C/C(=N\NC(=O)Nc1c(C)cccc1C)c1ccc([N+](=O)[O-])cc1. The number of hydrazone groups is 1. The molecule has 124 valence electrons. The number of nitro groups is 1. The van der Waals surface area contributed by atoms with Gasteiger partial charge in [0, 0.05) is 17.8 Å². The van der Waals surface area contributed by atoms with Crippen LogP contribution in [0, 0.1) is 24.0 Å². The third-order valence-electron chi connectivity index (χ3n) is 3.54. The zero-order chi connectivity index (χ0) is 17.7. The lowest BCUT2D eigenvalue weighted by Gasteiger charge is -2.11. The van der Waals surface area contributed by atoms with Crippen molar-refractivity contribution in [3.05, 3.63) is 69.3 Å². The summed E-state index contributed by atoms with van der Waals surface area (Å²) in [5, 5.41) is 17.4. The number of para-hydroxylation sites is 1. The molecule has 0 aliphatic rings. The number of non-ortho nitro benzene ring substituents is 1. The van der Waals surface area contributed by atoms with E-state index in [1.54, 1.807) is 19.1 Å². The molecule has 0 aromatic heterocycles. The van der Waals surface area contributed by atoms with E-state index in [0.717, 1.165) is 16.8 Å². The van der Waals surface area contributed by atoms with Gasteiger partial charge >= 0.3 is 6.03 Å². The summed E-state index contributed by atoms with van der Waals surface area (Å²) in [4.78, 5) is 22.1. The molecule has 0 saturated carbocycles. The number of rotatable bonds is 4. The van der Waals surface area contributed by atoms with Crippen molar-refractivity contribution in [2.75, 3.05) is 5.32 Å². The predicted octanol–water partition coefficient (Wildman–Crippen LogP) is 3.76. The molecule has 24 heavy (non-hydrogen) atoms. The normalized spacial score (nSPS) is 11.0.